The Hall–Kier alpha value is -2.75. The Labute approximate surface area is 122 Å². The number of fused-ring (bicyclic) bond motifs is 1. The molecule has 1 amide bonds. The number of furan rings is 1. The van der Waals surface area contributed by atoms with Crippen molar-refractivity contribution in [1.29, 1.82) is 0 Å². The Morgan fingerprint density at radius 2 is 1.90 bits per heavy atom. The molecule has 0 aliphatic heterocycles. The van der Waals surface area contributed by atoms with E-state index in [0.29, 0.717) is 17.9 Å². The summed E-state index contributed by atoms with van der Waals surface area (Å²) in [5.41, 5.74) is 1.72. The van der Waals surface area contributed by atoms with E-state index in [0.717, 1.165) is 16.7 Å². The second-order valence-electron chi connectivity index (χ2n) is 4.68. The molecule has 1 aromatic heterocycles. The SMILES string of the molecule is COc1ccc(CNC(=O)c2cc3ccccc3o2)cc1. The van der Waals surface area contributed by atoms with E-state index < -0.39 is 0 Å². The summed E-state index contributed by atoms with van der Waals surface area (Å²) in [7, 11) is 1.62. The monoisotopic (exact) mass is 281 g/mol. The highest BCUT2D eigenvalue weighted by atomic mass is 16.5. The molecular formula is C17H15NO3. The van der Waals surface area contributed by atoms with Gasteiger partial charge in [-0.3, -0.25) is 4.79 Å². The molecule has 0 fully saturated rings. The lowest BCUT2D eigenvalue weighted by Crippen LogP contribution is -2.22. The molecule has 0 atom stereocenters. The number of methoxy groups -OCH3 is 1. The van der Waals surface area contributed by atoms with Gasteiger partial charge in [-0.05, 0) is 29.8 Å². The van der Waals surface area contributed by atoms with Crippen LogP contribution in [0.1, 0.15) is 16.1 Å². The molecule has 0 bridgehead atoms. The number of hydrogen-bond donors (Lipinski definition) is 1. The Kier molecular flexibility index (Phi) is 3.60. The first-order chi connectivity index (χ1) is 10.3. The molecule has 0 saturated carbocycles. The zero-order chi connectivity index (χ0) is 14.7. The molecule has 0 aliphatic carbocycles. The fraction of sp³-hybridized carbons (Fsp3) is 0.118. The van der Waals surface area contributed by atoms with Crippen molar-refractivity contribution >= 4 is 16.9 Å². The second kappa shape index (κ2) is 5.71. The zero-order valence-corrected chi connectivity index (χ0v) is 11.6. The lowest BCUT2D eigenvalue weighted by Gasteiger charge is -2.04. The van der Waals surface area contributed by atoms with E-state index in [9.17, 15) is 4.79 Å². The summed E-state index contributed by atoms with van der Waals surface area (Å²) in [5, 5.41) is 3.76. The fourth-order valence-corrected chi connectivity index (χ4v) is 2.11. The first-order valence-electron chi connectivity index (χ1n) is 6.66. The fourth-order valence-electron chi connectivity index (χ4n) is 2.11. The van der Waals surface area contributed by atoms with Gasteiger partial charge >= 0.3 is 0 Å². The Bertz CT molecular complexity index is 726. The molecule has 3 rings (SSSR count). The Balaban J connectivity index is 1.68. The van der Waals surface area contributed by atoms with E-state index in [1.807, 2.05) is 48.5 Å². The molecule has 3 aromatic rings. The van der Waals surface area contributed by atoms with Crippen LogP contribution in [-0.4, -0.2) is 13.0 Å². The molecule has 21 heavy (non-hydrogen) atoms. The van der Waals surface area contributed by atoms with Crippen LogP contribution in [0.2, 0.25) is 0 Å². The summed E-state index contributed by atoms with van der Waals surface area (Å²) in [4.78, 5) is 12.1. The van der Waals surface area contributed by atoms with Crippen LogP contribution in [0.15, 0.2) is 59.0 Å². The second-order valence-corrected chi connectivity index (χ2v) is 4.68. The van der Waals surface area contributed by atoms with Crippen LogP contribution in [0.3, 0.4) is 0 Å². The van der Waals surface area contributed by atoms with Crippen molar-refractivity contribution in [3.63, 3.8) is 0 Å². The van der Waals surface area contributed by atoms with Crippen molar-refractivity contribution in [1.82, 2.24) is 5.32 Å². The van der Waals surface area contributed by atoms with Crippen molar-refractivity contribution in [2.45, 2.75) is 6.54 Å². The summed E-state index contributed by atoms with van der Waals surface area (Å²) in [6.45, 7) is 0.444. The van der Waals surface area contributed by atoms with Gasteiger partial charge in [0.15, 0.2) is 5.76 Å². The van der Waals surface area contributed by atoms with Gasteiger partial charge in [-0.1, -0.05) is 30.3 Å². The summed E-state index contributed by atoms with van der Waals surface area (Å²) in [6, 6.07) is 16.9. The lowest BCUT2D eigenvalue weighted by molar-refractivity contribution is 0.0925. The number of carbonyl (C=O) groups is 1. The molecule has 0 unspecified atom stereocenters. The van der Waals surface area contributed by atoms with Gasteiger partial charge in [0.1, 0.15) is 11.3 Å². The van der Waals surface area contributed by atoms with Crippen molar-refractivity contribution in [2.24, 2.45) is 0 Å². The zero-order valence-electron chi connectivity index (χ0n) is 11.6. The maximum atomic E-state index is 12.1. The smallest absolute Gasteiger partial charge is 0.287 e. The van der Waals surface area contributed by atoms with Crippen LogP contribution < -0.4 is 10.1 Å². The van der Waals surface area contributed by atoms with Crippen LogP contribution in [0.5, 0.6) is 5.75 Å². The minimum absolute atomic E-state index is 0.220. The van der Waals surface area contributed by atoms with E-state index in [-0.39, 0.29) is 5.91 Å². The van der Waals surface area contributed by atoms with Crippen LogP contribution in [0.25, 0.3) is 11.0 Å². The minimum atomic E-state index is -0.220. The largest absolute Gasteiger partial charge is 0.497 e. The quantitative estimate of drug-likeness (QED) is 0.797. The number of hydrogen-bond acceptors (Lipinski definition) is 3. The minimum Gasteiger partial charge on any atom is -0.497 e. The summed E-state index contributed by atoms with van der Waals surface area (Å²) < 4.78 is 10.6. The molecule has 0 spiro atoms. The molecule has 2 aromatic carbocycles. The van der Waals surface area contributed by atoms with Gasteiger partial charge in [-0.25, -0.2) is 0 Å². The van der Waals surface area contributed by atoms with Gasteiger partial charge in [0.05, 0.1) is 7.11 Å². The average molecular weight is 281 g/mol. The predicted molar refractivity (Wildman–Crippen MR) is 80.4 cm³/mol. The van der Waals surface area contributed by atoms with Crippen molar-refractivity contribution in [3.8, 4) is 5.75 Å². The number of benzene rings is 2. The van der Waals surface area contributed by atoms with E-state index in [1.54, 1.807) is 13.2 Å². The first kappa shape index (κ1) is 13.2. The molecule has 4 nitrogen and oxygen atoms in total. The molecule has 0 aliphatic rings. The summed E-state index contributed by atoms with van der Waals surface area (Å²) in [5.74, 6) is 0.897. The molecule has 0 radical (unpaired) electrons. The maximum absolute atomic E-state index is 12.1. The van der Waals surface area contributed by atoms with Crippen LogP contribution in [-0.2, 0) is 6.54 Å². The number of amides is 1. The number of para-hydroxylation sites is 1. The van der Waals surface area contributed by atoms with Gasteiger partial charge in [0.2, 0.25) is 0 Å². The standard InChI is InChI=1S/C17H15NO3/c1-20-14-8-6-12(7-9-14)11-18-17(19)16-10-13-4-2-3-5-15(13)21-16/h2-10H,11H2,1H3,(H,18,19). The van der Waals surface area contributed by atoms with E-state index in [4.69, 9.17) is 9.15 Å². The third-order valence-corrected chi connectivity index (χ3v) is 3.26. The third-order valence-electron chi connectivity index (χ3n) is 3.26. The number of rotatable bonds is 4. The van der Waals surface area contributed by atoms with Gasteiger partial charge in [-0.15, -0.1) is 0 Å². The van der Waals surface area contributed by atoms with Gasteiger partial charge in [0, 0.05) is 11.9 Å². The van der Waals surface area contributed by atoms with Gasteiger partial charge in [0.25, 0.3) is 5.91 Å². The molecular weight excluding hydrogens is 266 g/mol. The molecule has 4 heteroatoms. The van der Waals surface area contributed by atoms with E-state index in [2.05, 4.69) is 5.32 Å². The third kappa shape index (κ3) is 2.89. The average Bonchev–Trinajstić information content (AvgIpc) is 2.97. The van der Waals surface area contributed by atoms with E-state index in [1.165, 1.54) is 0 Å². The number of ether oxygens (including phenoxy) is 1. The highest BCUT2D eigenvalue weighted by molar-refractivity contribution is 5.95. The summed E-state index contributed by atoms with van der Waals surface area (Å²) >= 11 is 0. The van der Waals surface area contributed by atoms with Gasteiger partial charge < -0.3 is 14.5 Å². The van der Waals surface area contributed by atoms with E-state index >= 15 is 0 Å². The topological polar surface area (TPSA) is 51.5 Å². The highest BCUT2D eigenvalue weighted by Gasteiger charge is 2.11. The first-order valence-corrected chi connectivity index (χ1v) is 6.66. The number of carbonyl (C=O) groups excluding carboxylic acids is 1. The van der Waals surface area contributed by atoms with Crippen LogP contribution in [0, 0.1) is 0 Å². The molecule has 1 N–H and O–H groups in total. The predicted octanol–water partition coefficient (Wildman–Crippen LogP) is 3.37. The Morgan fingerprint density at radius 3 is 2.62 bits per heavy atom. The molecule has 0 saturated heterocycles. The van der Waals surface area contributed by atoms with Crippen molar-refractivity contribution < 1.29 is 13.9 Å². The normalized spacial score (nSPS) is 10.5. The Morgan fingerprint density at radius 1 is 1.14 bits per heavy atom. The van der Waals surface area contributed by atoms with Crippen molar-refractivity contribution in [3.05, 3.63) is 65.9 Å². The molecule has 1 heterocycles. The molecule has 106 valence electrons. The van der Waals surface area contributed by atoms with Crippen molar-refractivity contribution in [2.75, 3.05) is 7.11 Å². The van der Waals surface area contributed by atoms with Crippen LogP contribution in [0.4, 0.5) is 0 Å². The van der Waals surface area contributed by atoms with Crippen LogP contribution >= 0.6 is 0 Å². The highest BCUT2D eigenvalue weighted by Crippen LogP contribution is 2.18. The summed E-state index contributed by atoms with van der Waals surface area (Å²) in [6.07, 6.45) is 0. The van der Waals surface area contributed by atoms with Gasteiger partial charge in [-0.2, -0.15) is 0 Å². The lowest BCUT2D eigenvalue weighted by atomic mass is 10.2. The maximum Gasteiger partial charge on any atom is 0.287 e. The number of nitrogens with one attached hydrogen (secondary N) is 1.